The SMILES string of the molecule is CN[C@]1(c2ccccc2)CC[C@]2(CC1)CN(Cc1cn(CCO)nn1)C(=O)N2CC1(O)CCC1. The van der Waals surface area contributed by atoms with Gasteiger partial charge in [-0.1, -0.05) is 35.5 Å². The van der Waals surface area contributed by atoms with E-state index in [9.17, 15) is 9.90 Å². The van der Waals surface area contributed by atoms with Crippen molar-refractivity contribution in [3.8, 4) is 0 Å². The molecule has 0 bridgehead atoms. The smallest absolute Gasteiger partial charge is 0.321 e. The molecule has 3 fully saturated rings. The van der Waals surface area contributed by atoms with Gasteiger partial charge in [0.15, 0.2) is 0 Å². The van der Waals surface area contributed by atoms with Crippen LogP contribution in [-0.4, -0.2) is 78.9 Å². The Balaban J connectivity index is 1.38. The Morgan fingerprint density at radius 3 is 2.44 bits per heavy atom. The minimum Gasteiger partial charge on any atom is -0.394 e. The molecule has 2 amide bonds. The number of aliphatic hydroxyl groups is 2. The van der Waals surface area contributed by atoms with Crippen molar-refractivity contribution in [1.82, 2.24) is 30.1 Å². The zero-order chi connectivity index (χ0) is 23.8. The van der Waals surface area contributed by atoms with Crippen LogP contribution in [0.2, 0.25) is 0 Å². The number of urea groups is 1. The lowest BCUT2D eigenvalue weighted by Crippen LogP contribution is -2.59. The largest absolute Gasteiger partial charge is 0.394 e. The van der Waals surface area contributed by atoms with Crippen LogP contribution in [0.4, 0.5) is 4.79 Å². The molecule has 2 saturated carbocycles. The lowest BCUT2D eigenvalue weighted by molar-refractivity contribution is -0.0690. The highest BCUT2D eigenvalue weighted by atomic mass is 16.3. The van der Waals surface area contributed by atoms with Crippen LogP contribution in [0.25, 0.3) is 0 Å². The van der Waals surface area contributed by atoms with Crippen molar-refractivity contribution in [3.63, 3.8) is 0 Å². The molecule has 3 N–H and O–H groups in total. The van der Waals surface area contributed by atoms with Gasteiger partial charge in [0, 0.05) is 12.1 Å². The molecule has 1 spiro atoms. The van der Waals surface area contributed by atoms with Crippen molar-refractivity contribution in [2.45, 2.75) is 74.7 Å². The summed E-state index contributed by atoms with van der Waals surface area (Å²) in [5.74, 6) is 0. The number of hydrogen-bond donors (Lipinski definition) is 3. The van der Waals surface area contributed by atoms with Gasteiger partial charge in [-0.25, -0.2) is 9.48 Å². The van der Waals surface area contributed by atoms with Gasteiger partial charge in [-0.3, -0.25) is 0 Å². The van der Waals surface area contributed by atoms with E-state index in [-0.39, 0.29) is 23.7 Å². The predicted octanol–water partition coefficient (Wildman–Crippen LogP) is 1.85. The second-order valence-corrected chi connectivity index (χ2v) is 10.4. The Labute approximate surface area is 200 Å². The van der Waals surface area contributed by atoms with E-state index in [1.165, 1.54) is 5.56 Å². The van der Waals surface area contributed by atoms with E-state index in [4.69, 9.17) is 5.11 Å². The standard InChI is InChI=1S/C25H36N6O3/c1-26-25(20-6-3-2-4-7-20)12-10-23(11-13-25)18-29(16-21-17-30(14-15-32)28-27-21)22(33)31(23)19-24(34)8-5-9-24/h2-4,6-7,17,26,32,34H,5,8-16,18-19H2,1H3/t23-,25+. The zero-order valence-electron chi connectivity index (χ0n) is 20.0. The van der Waals surface area contributed by atoms with Gasteiger partial charge < -0.3 is 25.3 Å². The Hall–Kier alpha value is -2.49. The first-order chi connectivity index (χ1) is 16.4. The molecule has 2 heterocycles. The molecular formula is C25H36N6O3. The van der Waals surface area contributed by atoms with E-state index in [0.717, 1.165) is 44.9 Å². The molecule has 9 heteroatoms. The lowest BCUT2D eigenvalue weighted by atomic mass is 9.68. The number of carbonyl (C=O) groups is 1. The predicted molar refractivity (Wildman–Crippen MR) is 127 cm³/mol. The van der Waals surface area contributed by atoms with Crippen LogP contribution in [-0.2, 0) is 18.6 Å². The van der Waals surface area contributed by atoms with Gasteiger partial charge in [-0.2, -0.15) is 0 Å². The number of aliphatic hydroxyl groups excluding tert-OH is 1. The molecule has 1 aromatic carbocycles. The molecule has 9 nitrogen and oxygen atoms in total. The van der Waals surface area contributed by atoms with E-state index in [1.807, 2.05) is 22.9 Å². The quantitative estimate of drug-likeness (QED) is 0.546. The van der Waals surface area contributed by atoms with E-state index < -0.39 is 5.60 Å². The summed E-state index contributed by atoms with van der Waals surface area (Å²) in [5, 5.41) is 32.0. The summed E-state index contributed by atoms with van der Waals surface area (Å²) in [5.41, 5.74) is 0.845. The molecule has 0 unspecified atom stereocenters. The van der Waals surface area contributed by atoms with Crippen molar-refractivity contribution >= 4 is 6.03 Å². The molecule has 5 rings (SSSR count). The fourth-order valence-electron chi connectivity index (χ4n) is 6.11. The lowest BCUT2D eigenvalue weighted by Gasteiger charge is -2.50. The normalized spacial score (nSPS) is 28.5. The molecule has 0 radical (unpaired) electrons. The number of benzene rings is 1. The van der Waals surface area contributed by atoms with Crippen molar-refractivity contribution in [2.24, 2.45) is 0 Å². The second-order valence-electron chi connectivity index (χ2n) is 10.4. The minimum absolute atomic E-state index is 0.00442. The first-order valence-electron chi connectivity index (χ1n) is 12.4. The fraction of sp³-hybridized carbons (Fsp3) is 0.640. The van der Waals surface area contributed by atoms with Crippen LogP contribution >= 0.6 is 0 Å². The topological polar surface area (TPSA) is 107 Å². The molecule has 1 aromatic heterocycles. The van der Waals surface area contributed by atoms with Gasteiger partial charge in [0.05, 0.1) is 43.6 Å². The third kappa shape index (κ3) is 4.10. The Bertz CT molecular complexity index is 997. The highest BCUT2D eigenvalue weighted by Gasteiger charge is 2.55. The summed E-state index contributed by atoms with van der Waals surface area (Å²) < 4.78 is 1.60. The first kappa shape index (κ1) is 23.3. The molecule has 2 aromatic rings. The number of amides is 2. The number of carbonyl (C=O) groups excluding carboxylic acids is 1. The third-order valence-corrected chi connectivity index (χ3v) is 8.40. The van der Waals surface area contributed by atoms with E-state index in [0.29, 0.717) is 31.9 Å². The van der Waals surface area contributed by atoms with Crippen LogP contribution in [0.1, 0.15) is 56.2 Å². The number of β-amino-alcohol motifs (C(OH)–C–C–N with tert-alkyl or cyclic N) is 1. The highest BCUT2D eigenvalue weighted by Crippen LogP contribution is 2.48. The van der Waals surface area contributed by atoms with E-state index in [2.05, 4.69) is 39.9 Å². The zero-order valence-corrected chi connectivity index (χ0v) is 20.0. The first-order valence-corrected chi connectivity index (χ1v) is 12.4. The fourth-order valence-corrected chi connectivity index (χ4v) is 6.11. The Kier molecular flexibility index (Phi) is 6.12. The highest BCUT2D eigenvalue weighted by molar-refractivity contribution is 5.78. The number of nitrogens with one attached hydrogen (secondary N) is 1. The Morgan fingerprint density at radius 2 is 1.82 bits per heavy atom. The minimum atomic E-state index is -0.764. The summed E-state index contributed by atoms with van der Waals surface area (Å²) in [6.45, 7) is 1.79. The van der Waals surface area contributed by atoms with E-state index in [1.54, 1.807) is 10.9 Å². The molecule has 0 atom stereocenters. The summed E-state index contributed by atoms with van der Waals surface area (Å²) in [6.07, 6.45) is 7.92. The van der Waals surface area contributed by atoms with Gasteiger partial charge in [0.25, 0.3) is 0 Å². The molecule has 1 aliphatic heterocycles. The summed E-state index contributed by atoms with van der Waals surface area (Å²) in [6, 6.07) is 10.6. The molecule has 1 saturated heterocycles. The maximum atomic E-state index is 13.7. The molecule has 34 heavy (non-hydrogen) atoms. The second kappa shape index (κ2) is 8.94. The van der Waals surface area contributed by atoms with Gasteiger partial charge in [0.1, 0.15) is 5.69 Å². The average molecular weight is 469 g/mol. The number of hydrogen-bond acceptors (Lipinski definition) is 6. The number of nitrogens with zero attached hydrogens (tertiary/aromatic N) is 5. The third-order valence-electron chi connectivity index (χ3n) is 8.40. The van der Waals surface area contributed by atoms with Crippen LogP contribution < -0.4 is 5.32 Å². The average Bonchev–Trinajstić information content (AvgIpc) is 3.38. The number of aromatic nitrogens is 3. The van der Waals surface area contributed by atoms with Gasteiger partial charge >= 0.3 is 6.03 Å². The molecule has 184 valence electrons. The van der Waals surface area contributed by atoms with Crippen LogP contribution in [0, 0.1) is 0 Å². The summed E-state index contributed by atoms with van der Waals surface area (Å²) in [4.78, 5) is 17.5. The molecule has 2 aliphatic carbocycles. The van der Waals surface area contributed by atoms with Gasteiger partial charge in [0.2, 0.25) is 0 Å². The molecule has 3 aliphatic rings. The van der Waals surface area contributed by atoms with Gasteiger partial charge in [-0.05, 0) is 57.6 Å². The van der Waals surface area contributed by atoms with Crippen LogP contribution in [0.5, 0.6) is 0 Å². The van der Waals surface area contributed by atoms with E-state index >= 15 is 0 Å². The summed E-state index contributed by atoms with van der Waals surface area (Å²) in [7, 11) is 2.03. The van der Waals surface area contributed by atoms with Gasteiger partial charge in [-0.15, -0.1) is 5.10 Å². The van der Waals surface area contributed by atoms with Crippen molar-refractivity contribution in [3.05, 3.63) is 47.8 Å². The van der Waals surface area contributed by atoms with Crippen LogP contribution in [0.15, 0.2) is 36.5 Å². The van der Waals surface area contributed by atoms with Crippen molar-refractivity contribution in [2.75, 3.05) is 26.7 Å². The number of rotatable bonds is 8. The Morgan fingerprint density at radius 1 is 1.09 bits per heavy atom. The maximum absolute atomic E-state index is 13.7. The summed E-state index contributed by atoms with van der Waals surface area (Å²) >= 11 is 0. The monoisotopic (exact) mass is 468 g/mol. The maximum Gasteiger partial charge on any atom is 0.321 e. The molecular weight excluding hydrogens is 432 g/mol. The van der Waals surface area contributed by atoms with Crippen molar-refractivity contribution in [1.29, 1.82) is 0 Å². The van der Waals surface area contributed by atoms with Crippen LogP contribution in [0.3, 0.4) is 0 Å². The van der Waals surface area contributed by atoms with Crippen molar-refractivity contribution < 1.29 is 15.0 Å².